The molecule has 0 radical (unpaired) electrons. The number of hydrazine groups is 1. The number of thiophene rings is 1. The van der Waals surface area contributed by atoms with Crippen molar-refractivity contribution in [1.29, 1.82) is 0 Å². The summed E-state index contributed by atoms with van der Waals surface area (Å²) in [5, 5.41) is 2.46. The van der Waals surface area contributed by atoms with Crippen LogP contribution in [0.1, 0.15) is 15.4 Å². The number of nitrogens with zero attached hydrogens (tertiary/aromatic N) is 1. The van der Waals surface area contributed by atoms with Crippen molar-refractivity contribution in [1.82, 2.24) is 15.8 Å². The van der Waals surface area contributed by atoms with Crippen LogP contribution in [0, 0.1) is 5.82 Å². The van der Waals surface area contributed by atoms with Crippen LogP contribution in [0.2, 0.25) is 0 Å². The van der Waals surface area contributed by atoms with Gasteiger partial charge in [0, 0.05) is 10.3 Å². The zero-order valence-corrected chi connectivity index (χ0v) is 16.5. The van der Waals surface area contributed by atoms with Crippen molar-refractivity contribution in [2.75, 3.05) is 0 Å². The van der Waals surface area contributed by atoms with E-state index in [0.29, 0.717) is 21.3 Å². The molecule has 6 nitrogen and oxygen atoms in total. The van der Waals surface area contributed by atoms with Crippen LogP contribution >= 0.6 is 22.7 Å². The van der Waals surface area contributed by atoms with Crippen molar-refractivity contribution in [3.8, 4) is 21.2 Å². The van der Waals surface area contributed by atoms with E-state index >= 15 is 0 Å². The molecule has 0 aliphatic rings. The number of thiazole rings is 1. The largest absolute Gasteiger partial charge is 0.462 e. The highest BCUT2D eigenvalue weighted by molar-refractivity contribution is 7.17. The summed E-state index contributed by atoms with van der Waals surface area (Å²) < 4.78 is 18.3. The average molecular weight is 427 g/mol. The Morgan fingerprint density at radius 3 is 2.66 bits per heavy atom. The average Bonchev–Trinajstić information content (AvgIpc) is 3.47. The number of hydrogen-bond donors (Lipinski definition) is 2. The molecule has 146 valence electrons. The third kappa shape index (κ3) is 4.58. The van der Waals surface area contributed by atoms with Crippen LogP contribution in [0.4, 0.5) is 4.39 Å². The molecule has 0 unspecified atom stereocenters. The molecule has 2 amide bonds. The highest BCUT2D eigenvalue weighted by Gasteiger charge is 2.13. The van der Waals surface area contributed by atoms with E-state index < -0.39 is 5.91 Å². The number of rotatable bonds is 5. The fraction of sp³-hybridized carbons (Fsp3) is 0.0500. The van der Waals surface area contributed by atoms with Crippen LogP contribution in [-0.4, -0.2) is 16.8 Å². The normalized spacial score (nSPS) is 10.7. The summed E-state index contributed by atoms with van der Waals surface area (Å²) in [7, 11) is 0. The Hall–Kier alpha value is -3.30. The van der Waals surface area contributed by atoms with Gasteiger partial charge >= 0.3 is 0 Å². The summed E-state index contributed by atoms with van der Waals surface area (Å²) in [6.07, 6.45) is 1.59. The minimum absolute atomic E-state index is 0.0305. The number of nitrogens with one attached hydrogen (secondary N) is 2. The Kier molecular flexibility index (Phi) is 5.50. The van der Waals surface area contributed by atoms with Crippen LogP contribution in [0.5, 0.6) is 0 Å². The van der Waals surface area contributed by atoms with E-state index in [1.54, 1.807) is 48.0 Å². The molecule has 0 aliphatic heterocycles. The Morgan fingerprint density at radius 2 is 1.90 bits per heavy atom. The molecule has 4 rings (SSSR count). The molecular formula is C20H14FN3O3S2. The number of furan rings is 1. The quantitative estimate of drug-likeness (QED) is 0.466. The van der Waals surface area contributed by atoms with Crippen LogP contribution in [0.15, 0.2) is 64.6 Å². The van der Waals surface area contributed by atoms with Gasteiger partial charge in [-0.15, -0.1) is 22.7 Å². The van der Waals surface area contributed by atoms with E-state index in [9.17, 15) is 14.0 Å². The topological polar surface area (TPSA) is 84.2 Å². The van der Waals surface area contributed by atoms with Gasteiger partial charge in [-0.2, -0.15) is 0 Å². The first kappa shape index (κ1) is 19.0. The zero-order chi connectivity index (χ0) is 20.2. The third-order valence-corrected chi connectivity index (χ3v) is 5.94. The molecule has 0 saturated heterocycles. The molecule has 29 heavy (non-hydrogen) atoms. The summed E-state index contributed by atoms with van der Waals surface area (Å²) in [5.74, 6) is -0.483. The smallest absolute Gasteiger partial charge is 0.279 e. The van der Waals surface area contributed by atoms with Crippen LogP contribution in [-0.2, 0) is 11.2 Å². The van der Waals surface area contributed by atoms with Crippen LogP contribution in [0.3, 0.4) is 0 Å². The molecule has 4 aromatic rings. The summed E-state index contributed by atoms with van der Waals surface area (Å²) in [4.78, 5) is 29.9. The molecule has 0 atom stereocenters. The van der Waals surface area contributed by atoms with Gasteiger partial charge in [0.25, 0.3) is 5.91 Å². The summed E-state index contributed by atoms with van der Waals surface area (Å²) >= 11 is 2.63. The number of amides is 2. The summed E-state index contributed by atoms with van der Waals surface area (Å²) in [5.41, 5.74) is 6.19. The van der Waals surface area contributed by atoms with Gasteiger partial charge in [0.2, 0.25) is 5.91 Å². The summed E-state index contributed by atoms with van der Waals surface area (Å²) in [6.45, 7) is 0. The second-order valence-corrected chi connectivity index (χ2v) is 7.91. The predicted molar refractivity (Wildman–Crippen MR) is 109 cm³/mol. The molecule has 0 fully saturated rings. The van der Waals surface area contributed by atoms with Crippen molar-refractivity contribution in [2.45, 2.75) is 6.42 Å². The Labute approximate surface area is 173 Å². The molecule has 3 aromatic heterocycles. The van der Waals surface area contributed by atoms with E-state index in [0.717, 1.165) is 10.4 Å². The minimum Gasteiger partial charge on any atom is -0.462 e. The second kappa shape index (κ2) is 8.38. The monoisotopic (exact) mass is 427 g/mol. The first-order chi connectivity index (χ1) is 14.1. The standard InChI is InChI=1S/C20H14FN3O3S2/c21-13-5-3-12(4-6-13)16-7-8-17(29-16)19(26)24-23-18(25)10-14-11-28-20(22-14)15-2-1-9-27-15/h1-9,11H,10H2,(H,23,25)(H,24,26). The van der Waals surface area contributed by atoms with Gasteiger partial charge in [-0.05, 0) is 42.0 Å². The molecule has 1 aromatic carbocycles. The van der Waals surface area contributed by atoms with Gasteiger partial charge in [-0.25, -0.2) is 9.37 Å². The lowest BCUT2D eigenvalue weighted by Crippen LogP contribution is -2.42. The number of aromatic nitrogens is 1. The maximum absolute atomic E-state index is 13.0. The highest BCUT2D eigenvalue weighted by Crippen LogP contribution is 2.28. The van der Waals surface area contributed by atoms with Crippen molar-refractivity contribution in [2.24, 2.45) is 0 Å². The van der Waals surface area contributed by atoms with Crippen LogP contribution in [0.25, 0.3) is 21.2 Å². The molecule has 0 aliphatic carbocycles. The van der Waals surface area contributed by atoms with Gasteiger partial charge in [0.1, 0.15) is 5.82 Å². The molecule has 3 heterocycles. The van der Waals surface area contributed by atoms with Gasteiger partial charge in [-0.1, -0.05) is 12.1 Å². The number of carbonyl (C=O) groups excluding carboxylic acids is 2. The Morgan fingerprint density at radius 1 is 1.07 bits per heavy atom. The highest BCUT2D eigenvalue weighted by atomic mass is 32.1. The van der Waals surface area contributed by atoms with Crippen molar-refractivity contribution in [3.05, 3.63) is 76.6 Å². The van der Waals surface area contributed by atoms with E-state index in [1.165, 1.54) is 34.8 Å². The predicted octanol–water partition coefficient (Wildman–Crippen LogP) is 4.27. The van der Waals surface area contributed by atoms with Crippen molar-refractivity contribution in [3.63, 3.8) is 0 Å². The van der Waals surface area contributed by atoms with Crippen molar-refractivity contribution >= 4 is 34.5 Å². The maximum Gasteiger partial charge on any atom is 0.279 e. The van der Waals surface area contributed by atoms with Gasteiger partial charge in [-0.3, -0.25) is 20.4 Å². The molecule has 0 saturated carbocycles. The minimum atomic E-state index is -0.425. The molecule has 0 spiro atoms. The molecule has 9 heteroatoms. The van der Waals surface area contributed by atoms with E-state index in [2.05, 4.69) is 15.8 Å². The maximum atomic E-state index is 13.0. The fourth-order valence-corrected chi connectivity index (χ4v) is 4.22. The van der Waals surface area contributed by atoms with E-state index in [1.807, 2.05) is 0 Å². The molecule has 2 N–H and O–H groups in total. The Balaban J connectivity index is 1.31. The second-order valence-electron chi connectivity index (χ2n) is 5.97. The number of halogens is 1. The number of hydrogen-bond acceptors (Lipinski definition) is 6. The van der Waals surface area contributed by atoms with E-state index in [-0.39, 0.29) is 18.1 Å². The lowest BCUT2D eigenvalue weighted by atomic mass is 10.2. The lowest BCUT2D eigenvalue weighted by molar-refractivity contribution is -0.121. The van der Waals surface area contributed by atoms with Gasteiger partial charge in [0.05, 0.1) is 23.3 Å². The van der Waals surface area contributed by atoms with Crippen molar-refractivity contribution < 1.29 is 18.4 Å². The number of benzene rings is 1. The molecular weight excluding hydrogens is 413 g/mol. The Bertz CT molecular complexity index is 1130. The summed E-state index contributed by atoms with van der Waals surface area (Å²) in [6, 6.07) is 13.0. The van der Waals surface area contributed by atoms with Crippen LogP contribution < -0.4 is 10.9 Å². The van der Waals surface area contributed by atoms with E-state index in [4.69, 9.17) is 4.42 Å². The third-order valence-electron chi connectivity index (χ3n) is 3.90. The zero-order valence-electron chi connectivity index (χ0n) is 14.8. The first-order valence-electron chi connectivity index (χ1n) is 8.52. The fourth-order valence-electron chi connectivity index (χ4n) is 2.53. The lowest BCUT2D eigenvalue weighted by Gasteiger charge is -2.05. The SMILES string of the molecule is O=C(Cc1csc(-c2ccco2)n1)NNC(=O)c1ccc(-c2ccc(F)cc2)s1. The van der Waals surface area contributed by atoms with Gasteiger partial charge < -0.3 is 4.42 Å². The number of carbonyl (C=O) groups is 2. The first-order valence-corrected chi connectivity index (χ1v) is 10.2. The molecule has 0 bridgehead atoms. The van der Waals surface area contributed by atoms with Gasteiger partial charge in [0.15, 0.2) is 10.8 Å².